The lowest BCUT2D eigenvalue weighted by molar-refractivity contribution is -0.116. The molecule has 1 heterocycles. The van der Waals surface area contributed by atoms with Gasteiger partial charge in [0.1, 0.15) is 19.8 Å². The summed E-state index contributed by atoms with van der Waals surface area (Å²) in [6.07, 6.45) is 1.76. The summed E-state index contributed by atoms with van der Waals surface area (Å²) < 4.78 is 14.5. The van der Waals surface area contributed by atoms with E-state index in [1.54, 1.807) is 6.92 Å². The topological polar surface area (TPSA) is 90.9 Å². The molecular weight excluding hydrogens is 254 g/mol. The molecule has 0 aromatic heterocycles. The Hall–Kier alpha value is -2.05. The van der Waals surface area contributed by atoms with Gasteiger partial charge in [-0.25, -0.2) is 9.59 Å². The zero-order valence-corrected chi connectivity index (χ0v) is 10.9. The van der Waals surface area contributed by atoms with E-state index in [1.807, 2.05) is 12.2 Å². The van der Waals surface area contributed by atoms with Gasteiger partial charge in [-0.2, -0.15) is 0 Å². The fraction of sp³-hybridized carbons (Fsp3) is 0.583. The SMILES string of the molecule is CC=CC(=O)NC(=O)OCC1(CC)COC(=O)OC1. The predicted molar refractivity (Wildman–Crippen MR) is 64.3 cm³/mol. The van der Waals surface area contributed by atoms with Gasteiger partial charge in [0.15, 0.2) is 0 Å². The van der Waals surface area contributed by atoms with Gasteiger partial charge in [0.05, 0.1) is 5.41 Å². The second-order valence-electron chi connectivity index (χ2n) is 4.25. The van der Waals surface area contributed by atoms with E-state index >= 15 is 0 Å². The summed E-state index contributed by atoms with van der Waals surface area (Å²) in [4.78, 5) is 33.3. The number of rotatable bonds is 4. The molecule has 0 radical (unpaired) electrons. The van der Waals surface area contributed by atoms with E-state index in [4.69, 9.17) is 14.2 Å². The highest BCUT2D eigenvalue weighted by molar-refractivity contribution is 5.98. The van der Waals surface area contributed by atoms with E-state index in [0.29, 0.717) is 6.42 Å². The van der Waals surface area contributed by atoms with Gasteiger partial charge in [0.2, 0.25) is 0 Å². The maximum Gasteiger partial charge on any atom is 0.508 e. The van der Waals surface area contributed by atoms with Crippen molar-refractivity contribution < 1.29 is 28.6 Å². The number of carbonyl (C=O) groups excluding carboxylic acids is 3. The van der Waals surface area contributed by atoms with Gasteiger partial charge in [-0.3, -0.25) is 10.1 Å². The quantitative estimate of drug-likeness (QED) is 0.613. The van der Waals surface area contributed by atoms with Crippen LogP contribution in [-0.2, 0) is 19.0 Å². The molecule has 1 aliphatic heterocycles. The van der Waals surface area contributed by atoms with Gasteiger partial charge < -0.3 is 14.2 Å². The molecule has 1 fully saturated rings. The van der Waals surface area contributed by atoms with Crippen LogP contribution in [0.15, 0.2) is 12.2 Å². The van der Waals surface area contributed by atoms with E-state index in [0.717, 1.165) is 0 Å². The maximum atomic E-state index is 11.4. The van der Waals surface area contributed by atoms with Crippen LogP contribution in [0.4, 0.5) is 9.59 Å². The molecule has 0 atom stereocenters. The smallest absolute Gasteiger partial charge is 0.448 e. The maximum absolute atomic E-state index is 11.4. The van der Waals surface area contributed by atoms with Crippen molar-refractivity contribution in [2.75, 3.05) is 19.8 Å². The minimum Gasteiger partial charge on any atom is -0.448 e. The zero-order chi connectivity index (χ0) is 14.3. The molecule has 1 aliphatic rings. The number of allylic oxidation sites excluding steroid dienone is 1. The molecule has 0 aliphatic carbocycles. The Morgan fingerprint density at radius 2 is 2.05 bits per heavy atom. The van der Waals surface area contributed by atoms with Crippen LogP contribution in [0, 0.1) is 5.41 Å². The van der Waals surface area contributed by atoms with Gasteiger partial charge in [-0.1, -0.05) is 13.0 Å². The zero-order valence-electron chi connectivity index (χ0n) is 10.9. The summed E-state index contributed by atoms with van der Waals surface area (Å²) in [6, 6.07) is 0. The summed E-state index contributed by atoms with van der Waals surface area (Å²) in [5, 5.41) is 2.04. The van der Waals surface area contributed by atoms with E-state index in [2.05, 4.69) is 0 Å². The molecule has 106 valence electrons. The number of hydrogen-bond acceptors (Lipinski definition) is 6. The molecule has 1 N–H and O–H groups in total. The van der Waals surface area contributed by atoms with E-state index in [1.165, 1.54) is 12.2 Å². The molecule has 0 aromatic carbocycles. The summed E-state index contributed by atoms with van der Waals surface area (Å²) in [5.74, 6) is -0.552. The van der Waals surface area contributed by atoms with Crippen LogP contribution >= 0.6 is 0 Å². The number of nitrogens with one attached hydrogen (secondary N) is 1. The van der Waals surface area contributed by atoms with Crippen molar-refractivity contribution in [3.63, 3.8) is 0 Å². The van der Waals surface area contributed by atoms with Gasteiger partial charge >= 0.3 is 12.2 Å². The van der Waals surface area contributed by atoms with Crippen molar-refractivity contribution in [2.45, 2.75) is 20.3 Å². The first-order chi connectivity index (χ1) is 9.01. The van der Waals surface area contributed by atoms with Crippen LogP contribution in [0.2, 0.25) is 0 Å². The molecule has 0 aromatic rings. The summed E-state index contributed by atoms with van der Waals surface area (Å²) in [5.41, 5.74) is -0.561. The van der Waals surface area contributed by atoms with E-state index in [9.17, 15) is 14.4 Å². The Kier molecular flexibility index (Phi) is 5.35. The molecule has 1 saturated heterocycles. The van der Waals surface area contributed by atoms with Gasteiger partial charge in [-0.15, -0.1) is 0 Å². The second-order valence-corrected chi connectivity index (χ2v) is 4.25. The molecule has 19 heavy (non-hydrogen) atoms. The Bertz CT molecular complexity index is 380. The van der Waals surface area contributed by atoms with Crippen molar-refractivity contribution in [1.82, 2.24) is 5.32 Å². The van der Waals surface area contributed by atoms with Crippen LogP contribution in [0.5, 0.6) is 0 Å². The molecule has 0 saturated carbocycles. The molecule has 7 heteroatoms. The molecule has 0 spiro atoms. The standard InChI is InChI=1S/C12H17NO6/c1-3-5-9(14)13-10(15)17-6-12(4-2)7-18-11(16)19-8-12/h3,5H,4,6-8H2,1-2H3,(H,13,14,15). The largest absolute Gasteiger partial charge is 0.508 e. The van der Waals surface area contributed by atoms with Crippen LogP contribution in [0.3, 0.4) is 0 Å². The fourth-order valence-corrected chi connectivity index (χ4v) is 1.45. The molecular formula is C12H17NO6. The highest BCUT2D eigenvalue weighted by atomic mass is 16.7. The summed E-state index contributed by atoms with van der Waals surface area (Å²) in [6.45, 7) is 3.78. The number of amides is 2. The number of ether oxygens (including phenoxy) is 3. The van der Waals surface area contributed by atoms with Crippen LogP contribution in [0.1, 0.15) is 20.3 Å². The van der Waals surface area contributed by atoms with Crippen molar-refractivity contribution in [3.05, 3.63) is 12.2 Å². The van der Waals surface area contributed by atoms with Crippen molar-refractivity contribution in [3.8, 4) is 0 Å². The first-order valence-electron chi connectivity index (χ1n) is 5.91. The third-order valence-corrected chi connectivity index (χ3v) is 2.80. The monoisotopic (exact) mass is 271 g/mol. The van der Waals surface area contributed by atoms with Crippen LogP contribution in [-0.4, -0.2) is 38.0 Å². The van der Waals surface area contributed by atoms with Crippen molar-refractivity contribution in [2.24, 2.45) is 5.41 Å². The molecule has 0 unspecified atom stereocenters. The number of cyclic esters (lactones) is 2. The summed E-state index contributed by atoms with van der Waals surface area (Å²) >= 11 is 0. The first-order valence-corrected chi connectivity index (χ1v) is 5.91. The average molecular weight is 271 g/mol. The van der Waals surface area contributed by atoms with E-state index < -0.39 is 23.6 Å². The Balaban J connectivity index is 2.43. The lowest BCUT2D eigenvalue weighted by atomic mass is 9.87. The third kappa shape index (κ3) is 4.61. The molecule has 2 amide bonds. The van der Waals surface area contributed by atoms with Gasteiger partial charge in [0, 0.05) is 0 Å². The molecule has 7 nitrogen and oxygen atoms in total. The number of imide groups is 1. The van der Waals surface area contributed by atoms with E-state index in [-0.39, 0.29) is 19.8 Å². The van der Waals surface area contributed by atoms with Crippen LogP contribution < -0.4 is 5.32 Å². The molecule has 1 rings (SSSR count). The Labute approximate surface area is 110 Å². The van der Waals surface area contributed by atoms with Crippen molar-refractivity contribution in [1.29, 1.82) is 0 Å². The Morgan fingerprint density at radius 1 is 1.42 bits per heavy atom. The molecule has 0 bridgehead atoms. The van der Waals surface area contributed by atoms with Gasteiger partial charge in [0.25, 0.3) is 5.91 Å². The Morgan fingerprint density at radius 3 is 2.58 bits per heavy atom. The predicted octanol–water partition coefficient (Wildman–Crippen LogP) is 1.38. The minimum atomic E-state index is -0.840. The average Bonchev–Trinajstić information content (AvgIpc) is 2.39. The highest BCUT2D eigenvalue weighted by Gasteiger charge is 2.37. The second kappa shape index (κ2) is 6.77. The fourth-order valence-electron chi connectivity index (χ4n) is 1.45. The van der Waals surface area contributed by atoms with Gasteiger partial charge in [-0.05, 0) is 19.4 Å². The minimum absolute atomic E-state index is 0.00569. The summed E-state index contributed by atoms with van der Waals surface area (Å²) in [7, 11) is 0. The normalized spacial score (nSPS) is 17.5. The number of alkyl carbamates (subject to hydrolysis) is 1. The highest BCUT2D eigenvalue weighted by Crippen LogP contribution is 2.27. The number of hydrogen-bond donors (Lipinski definition) is 1. The lowest BCUT2D eigenvalue weighted by Crippen LogP contribution is -2.44. The third-order valence-electron chi connectivity index (χ3n) is 2.80. The number of carbonyl (C=O) groups is 3. The first kappa shape index (κ1) is 15.0. The van der Waals surface area contributed by atoms with Crippen molar-refractivity contribution >= 4 is 18.2 Å². The lowest BCUT2D eigenvalue weighted by Gasteiger charge is -2.33. The van der Waals surface area contributed by atoms with Crippen LogP contribution in [0.25, 0.3) is 0 Å².